The van der Waals surface area contributed by atoms with Gasteiger partial charge in [0.25, 0.3) is 5.56 Å². The van der Waals surface area contributed by atoms with E-state index in [4.69, 9.17) is 9.26 Å². The number of hydrogen-bond donors (Lipinski definition) is 0. The van der Waals surface area contributed by atoms with Crippen LogP contribution in [0, 0.1) is 5.92 Å². The minimum absolute atomic E-state index is 0.111. The molecule has 23 heavy (non-hydrogen) atoms. The summed E-state index contributed by atoms with van der Waals surface area (Å²) in [4.78, 5) is 21.6. The maximum Gasteiger partial charge on any atom is 0.262 e. The molecular formula is C15H18N4O3S. The van der Waals surface area contributed by atoms with Crippen LogP contribution in [0.5, 0.6) is 0 Å². The summed E-state index contributed by atoms with van der Waals surface area (Å²) in [5.74, 6) is 1.28. The molecule has 0 spiro atoms. The monoisotopic (exact) mass is 334 g/mol. The van der Waals surface area contributed by atoms with E-state index in [1.807, 2.05) is 12.3 Å². The van der Waals surface area contributed by atoms with Gasteiger partial charge in [0.1, 0.15) is 17.5 Å². The van der Waals surface area contributed by atoms with Crippen LogP contribution in [-0.2, 0) is 11.3 Å². The molecule has 0 N–H and O–H groups in total. The summed E-state index contributed by atoms with van der Waals surface area (Å²) in [5.41, 5.74) is -0.111. The van der Waals surface area contributed by atoms with Gasteiger partial charge in [-0.3, -0.25) is 9.36 Å². The molecule has 122 valence electrons. The molecule has 1 atom stereocenters. The fourth-order valence-corrected chi connectivity index (χ4v) is 2.78. The Morgan fingerprint density at radius 1 is 1.39 bits per heavy atom. The van der Waals surface area contributed by atoms with Crippen molar-refractivity contribution in [1.29, 1.82) is 0 Å². The molecule has 3 rings (SSSR count). The van der Waals surface area contributed by atoms with E-state index in [2.05, 4.69) is 29.0 Å². The van der Waals surface area contributed by atoms with Crippen LogP contribution in [0.25, 0.3) is 10.2 Å². The lowest BCUT2D eigenvalue weighted by molar-refractivity contribution is 0.0402. The molecule has 3 aromatic heterocycles. The van der Waals surface area contributed by atoms with Gasteiger partial charge in [0.2, 0.25) is 5.89 Å². The van der Waals surface area contributed by atoms with Crippen LogP contribution in [0.1, 0.15) is 38.6 Å². The lowest BCUT2D eigenvalue weighted by Crippen LogP contribution is -2.20. The first-order chi connectivity index (χ1) is 11.0. The van der Waals surface area contributed by atoms with E-state index in [9.17, 15) is 4.79 Å². The van der Waals surface area contributed by atoms with Gasteiger partial charge in [-0.05, 0) is 24.3 Å². The van der Waals surface area contributed by atoms with Gasteiger partial charge in [0.15, 0.2) is 5.82 Å². The molecular weight excluding hydrogens is 316 g/mol. The van der Waals surface area contributed by atoms with Crippen molar-refractivity contribution < 1.29 is 9.26 Å². The number of ether oxygens (including phenoxy) is 1. The summed E-state index contributed by atoms with van der Waals surface area (Å²) < 4.78 is 12.3. The molecule has 0 unspecified atom stereocenters. The minimum Gasteiger partial charge on any atom is -0.370 e. The molecule has 0 bridgehead atoms. The highest BCUT2D eigenvalue weighted by Crippen LogP contribution is 2.16. The van der Waals surface area contributed by atoms with Crippen molar-refractivity contribution in [3.8, 4) is 0 Å². The second-order valence-electron chi connectivity index (χ2n) is 5.73. The van der Waals surface area contributed by atoms with Gasteiger partial charge in [-0.1, -0.05) is 19.0 Å². The van der Waals surface area contributed by atoms with Crippen LogP contribution in [0.4, 0.5) is 0 Å². The Hall–Kier alpha value is -2.06. The van der Waals surface area contributed by atoms with E-state index >= 15 is 0 Å². The van der Waals surface area contributed by atoms with Gasteiger partial charge in [-0.2, -0.15) is 4.98 Å². The average molecular weight is 334 g/mol. The number of aromatic nitrogens is 4. The van der Waals surface area contributed by atoms with Crippen molar-refractivity contribution in [3.05, 3.63) is 39.8 Å². The molecule has 0 saturated carbocycles. The third kappa shape index (κ3) is 3.48. The normalized spacial score (nSPS) is 13.0. The third-order valence-corrected chi connectivity index (χ3v) is 4.10. The first kappa shape index (κ1) is 15.8. The maximum absolute atomic E-state index is 12.3. The molecule has 3 heterocycles. The van der Waals surface area contributed by atoms with Gasteiger partial charge < -0.3 is 9.26 Å². The molecule has 8 heteroatoms. The Labute approximate surface area is 136 Å². The standard InChI is InChI=1S/C15H18N4O3S/c1-9(2)7-21-10(3)13-17-12(22-18-13)6-19-8-16-14-11(15(19)20)4-5-23-14/h4-5,8-10H,6-7H2,1-3H3/t10-/m0/s1. The molecule has 7 nitrogen and oxygen atoms in total. The van der Waals surface area contributed by atoms with E-state index in [0.29, 0.717) is 29.6 Å². The van der Waals surface area contributed by atoms with E-state index in [1.165, 1.54) is 22.2 Å². The highest BCUT2D eigenvalue weighted by molar-refractivity contribution is 7.16. The molecule has 0 aromatic carbocycles. The van der Waals surface area contributed by atoms with Crippen LogP contribution in [0.2, 0.25) is 0 Å². The van der Waals surface area contributed by atoms with Crippen molar-refractivity contribution in [2.75, 3.05) is 6.61 Å². The Morgan fingerprint density at radius 3 is 3.00 bits per heavy atom. The van der Waals surface area contributed by atoms with Crippen LogP contribution >= 0.6 is 11.3 Å². The molecule has 0 aliphatic carbocycles. The van der Waals surface area contributed by atoms with Crippen molar-refractivity contribution in [2.24, 2.45) is 5.92 Å². The van der Waals surface area contributed by atoms with Gasteiger partial charge >= 0.3 is 0 Å². The Kier molecular flexibility index (Phi) is 4.53. The van der Waals surface area contributed by atoms with Crippen molar-refractivity contribution in [2.45, 2.75) is 33.4 Å². The summed E-state index contributed by atoms with van der Waals surface area (Å²) in [6.07, 6.45) is 1.26. The van der Waals surface area contributed by atoms with Gasteiger partial charge in [0.05, 0.1) is 11.7 Å². The number of nitrogens with zero attached hydrogens (tertiary/aromatic N) is 4. The summed E-state index contributed by atoms with van der Waals surface area (Å²) in [5, 5.41) is 6.38. The quantitative estimate of drug-likeness (QED) is 0.689. The van der Waals surface area contributed by atoms with Crippen molar-refractivity contribution in [1.82, 2.24) is 19.7 Å². The molecule has 0 aliphatic heterocycles. The van der Waals surface area contributed by atoms with Gasteiger partial charge in [-0.15, -0.1) is 11.3 Å². The van der Waals surface area contributed by atoms with E-state index in [0.717, 1.165) is 4.83 Å². The summed E-state index contributed by atoms with van der Waals surface area (Å²) in [6.45, 7) is 6.86. The molecule has 3 aromatic rings. The first-order valence-electron chi connectivity index (χ1n) is 7.41. The predicted octanol–water partition coefficient (Wildman–Crippen LogP) is 2.62. The fourth-order valence-electron chi connectivity index (χ4n) is 2.06. The highest BCUT2D eigenvalue weighted by atomic mass is 32.1. The Balaban J connectivity index is 1.75. The zero-order valence-electron chi connectivity index (χ0n) is 13.2. The molecule has 0 radical (unpaired) electrons. The largest absolute Gasteiger partial charge is 0.370 e. The van der Waals surface area contributed by atoms with Gasteiger partial charge in [0, 0.05) is 6.61 Å². The third-order valence-electron chi connectivity index (χ3n) is 3.28. The molecule has 0 fully saturated rings. The smallest absolute Gasteiger partial charge is 0.262 e. The lowest BCUT2D eigenvalue weighted by atomic mass is 10.2. The average Bonchev–Trinajstić information content (AvgIpc) is 3.17. The summed E-state index contributed by atoms with van der Waals surface area (Å²) >= 11 is 1.44. The highest BCUT2D eigenvalue weighted by Gasteiger charge is 2.16. The topological polar surface area (TPSA) is 83.0 Å². The number of rotatable bonds is 6. The number of hydrogen-bond acceptors (Lipinski definition) is 7. The number of thiophene rings is 1. The second kappa shape index (κ2) is 6.59. The number of fused-ring (bicyclic) bond motifs is 1. The zero-order valence-corrected chi connectivity index (χ0v) is 14.0. The van der Waals surface area contributed by atoms with E-state index in [1.54, 1.807) is 6.07 Å². The molecule has 0 amide bonds. The first-order valence-corrected chi connectivity index (χ1v) is 8.29. The van der Waals surface area contributed by atoms with E-state index < -0.39 is 0 Å². The van der Waals surface area contributed by atoms with Crippen LogP contribution in [0.15, 0.2) is 27.1 Å². The summed E-state index contributed by atoms with van der Waals surface area (Å²) in [7, 11) is 0. The van der Waals surface area contributed by atoms with Crippen LogP contribution in [0.3, 0.4) is 0 Å². The Morgan fingerprint density at radius 2 is 2.22 bits per heavy atom. The second-order valence-corrected chi connectivity index (χ2v) is 6.63. The lowest BCUT2D eigenvalue weighted by Gasteiger charge is -2.10. The SMILES string of the molecule is CC(C)CO[C@@H](C)c1noc(Cn2cnc3sccc3c2=O)n1. The molecule has 0 saturated heterocycles. The summed E-state index contributed by atoms with van der Waals surface area (Å²) in [6, 6.07) is 1.77. The van der Waals surface area contributed by atoms with Crippen molar-refractivity contribution >= 4 is 21.6 Å². The maximum atomic E-state index is 12.3. The zero-order chi connectivity index (χ0) is 16.4. The Bertz CT molecular complexity index is 852. The van der Waals surface area contributed by atoms with Gasteiger partial charge in [-0.25, -0.2) is 4.98 Å². The predicted molar refractivity (Wildman–Crippen MR) is 86.5 cm³/mol. The minimum atomic E-state index is -0.246. The van der Waals surface area contributed by atoms with E-state index in [-0.39, 0.29) is 18.2 Å². The van der Waals surface area contributed by atoms with Crippen molar-refractivity contribution in [3.63, 3.8) is 0 Å². The van der Waals surface area contributed by atoms with Crippen LogP contribution < -0.4 is 5.56 Å². The molecule has 0 aliphatic rings. The fraction of sp³-hybridized carbons (Fsp3) is 0.467. The van der Waals surface area contributed by atoms with Crippen LogP contribution in [-0.4, -0.2) is 26.3 Å².